The fraction of sp³-hybridized carbons (Fsp3) is 0.400. The van der Waals surface area contributed by atoms with Crippen molar-refractivity contribution in [2.75, 3.05) is 18.0 Å². The van der Waals surface area contributed by atoms with Crippen molar-refractivity contribution in [3.05, 3.63) is 30.3 Å². The maximum atomic E-state index is 5.82. The Balaban J connectivity index is 0.000000845. The number of anilines is 1. The van der Waals surface area contributed by atoms with E-state index in [0.717, 1.165) is 19.5 Å². The second-order valence-electron chi connectivity index (χ2n) is 3.33. The number of hydrogen-bond donors (Lipinski definition) is 1. The first-order valence-electron chi connectivity index (χ1n) is 4.42. The summed E-state index contributed by atoms with van der Waals surface area (Å²) < 4.78 is 0. The average Bonchev–Trinajstić information content (AvgIpc) is 2.54. The Labute approximate surface area is 97.3 Å². The molecule has 1 atom stereocenters. The highest BCUT2D eigenvalue weighted by atomic mass is 35.5. The quantitative estimate of drug-likeness (QED) is 0.807. The molecule has 1 heterocycles. The Bertz CT molecular complexity index is 254. The third-order valence-corrected chi connectivity index (χ3v) is 2.35. The van der Waals surface area contributed by atoms with Crippen LogP contribution in [0.15, 0.2) is 30.3 Å². The minimum atomic E-state index is 0. The topological polar surface area (TPSA) is 29.3 Å². The van der Waals surface area contributed by atoms with Crippen molar-refractivity contribution in [2.24, 2.45) is 5.73 Å². The number of benzene rings is 1. The lowest BCUT2D eigenvalue weighted by atomic mass is 10.3. The van der Waals surface area contributed by atoms with Crippen LogP contribution in [0.3, 0.4) is 0 Å². The molecule has 80 valence electrons. The fourth-order valence-corrected chi connectivity index (χ4v) is 1.66. The van der Waals surface area contributed by atoms with Gasteiger partial charge in [-0.2, -0.15) is 0 Å². The molecule has 14 heavy (non-hydrogen) atoms. The Morgan fingerprint density at radius 1 is 1.14 bits per heavy atom. The third-order valence-electron chi connectivity index (χ3n) is 2.35. The Hall–Kier alpha value is -0.440. The lowest BCUT2D eigenvalue weighted by Crippen LogP contribution is -2.26. The standard InChI is InChI=1S/C10H14N2.2ClH/c11-9-6-7-12(8-9)10-4-2-1-3-5-10;;/h1-5,9H,6-8,11H2;2*1H/t9-;;/m0../s1. The minimum Gasteiger partial charge on any atom is -0.370 e. The van der Waals surface area contributed by atoms with Crippen LogP contribution in [-0.4, -0.2) is 19.1 Å². The largest absolute Gasteiger partial charge is 0.370 e. The van der Waals surface area contributed by atoms with E-state index in [-0.39, 0.29) is 24.8 Å². The lowest BCUT2D eigenvalue weighted by Gasteiger charge is -2.17. The summed E-state index contributed by atoms with van der Waals surface area (Å²) in [5, 5.41) is 0. The van der Waals surface area contributed by atoms with Crippen LogP contribution in [0.25, 0.3) is 0 Å². The molecule has 0 aliphatic carbocycles. The van der Waals surface area contributed by atoms with Gasteiger partial charge in [0.1, 0.15) is 0 Å². The molecule has 4 heteroatoms. The normalized spacial score (nSPS) is 19.8. The van der Waals surface area contributed by atoms with Gasteiger partial charge in [0.2, 0.25) is 0 Å². The number of nitrogens with two attached hydrogens (primary N) is 1. The van der Waals surface area contributed by atoms with E-state index >= 15 is 0 Å². The molecule has 1 fully saturated rings. The zero-order valence-corrected chi connectivity index (χ0v) is 9.56. The molecule has 2 N–H and O–H groups in total. The highest BCUT2D eigenvalue weighted by Crippen LogP contribution is 2.18. The molecular weight excluding hydrogens is 219 g/mol. The zero-order valence-electron chi connectivity index (χ0n) is 7.93. The van der Waals surface area contributed by atoms with E-state index in [2.05, 4.69) is 29.2 Å². The first-order valence-corrected chi connectivity index (χ1v) is 4.42. The average molecular weight is 235 g/mol. The van der Waals surface area contributed by atoms with Crippen LogP contribution in [0.1, 0.15) is 6.42 Å². The number of halogens is 2. The van der Waals surface area contributed by atoms with E-state index in [0.29, 0.717) is 6.04 Å². The zero-order chi connectivity index (χ0) is 8.39. The predicted octanol–water partition coefficient (Wildman–Crippen LogP) is 2.07. The van der Waals surface area contributed by atoms with Gasteiger partial charge in [0.25, 0.3) is 0 Å². The molecule has 2 rings (SSSR count). The molecule has 1 saturated heterocycles. The summed E-state index contributed by atoms with van der Waals surface area (Å²) >= 11 is 0. The van der Waals surface area contributed by atoms with Crippen LogP contribution < -0.4 is 10.6 Å². The lowest BCUT2D eigenvalue weighted by molar-refractivity contribution is 0.752. The van der Waals surface area contributed by atoms with Crippen LogP contribution in [0, 0.1) is 0 Å². The highest BCUT2D eigenvalue weighted by molar-refractivity contribution is 5.85. The molecule has 0 unspecified atom stereocenters. The van der Waals surface area contributed by atoms with E-state index in [9.17, 15) is 0 Å². The van der Waals surface area contributed by atoms with Gasteiger partial charge in [0.05, 0.1) is 0 Å². The number of hydrogen-bond acceptors (Lipinski definition) is 2. The summed E-state index contributed by atoms with van der Waals surface area (Å²) in [6.45, 7) is 2.11. The van der Waals surface area contributed by atoms with Gasteiger partial charge in [-0.3, -0.25) is 0 Å². The van der Waals surface area contributed by atoms with Crippen LogP contribution >= 0.6 is 24.8 Å². The molecule has 0 amide bonds. The molecule has 0 saturated carbocycles. The first kappa shape index (κ1) is 13.6. The Kier molecular flexibility index (Phi) is 5.93. The molecule has 0 aromatic heterocycles. The van der Waals surface area contributed by atoms with E-state index < -0.39 is 0 Å². The number of rotatable bonds is 1. The predicted molar refractivity (Wildman–Crippen MR) is 65.7 cm³/mol. The summed E-state index contributed by atoms with van der Waals surface area (Å²) in [6, 6.07) is 10.8. The van der Waals surface area contributed by atoms with Gasteiger partial charge in [-0.05, 0) is 18.6 Å². The Morgan fingerprint density at radius 2 is 1.79 bits per heavy atom. The van der Waals surface area contributed by atoms with Crippen molar-refractivity contribution in [3.8, 4) is 0 Å². The van der Waals surface area contributed by atoms with Gasteiger partial charge >= 0.3 is 0 Å². The van der Waals surface area contributed by atoms with E-state index in [1.54, 1.807) is 0 Å². The molecule has 0 spiro atoms. The maximum Gasteiger partial charge on any atom is 0.0366 e. The van der Waals surface area contributed by atoms with E-state index in [4.69, 9.17) is 5.73 Å². The monoisotopic (exact) mass is 234 g/mol. The molecular formula is C10H16Cl2N2. The molecule has 1 aliphatic rings. The highest BCUT2D eigenvalue weighted by Gasteiger charge is 2.18. The molecule has 1 aromatic rings. The molecule has 0 bridgehead atoms. The molecule has 2 nitrogen and oxygen atoms in total. The first-order chi connectivity index (χ1) is 5.86. The van der Waals surface area contributed by atoms with Crippen molar-refractivity contribution in [1.82, 2.24) is 0 Å². The summed E-state index contributed by atoms with van der Waals surface area (Å²) in [4.78, 5) is 2.34. The van der Waals surface area contributed by atoms with E-state index in [1.807, 2.05) is 6.07 Å². The smallest absolute Gasteiger partial charge is 0.0366 e. The third kappa shape index (κ3) is 3.05. The fourth-order valence-electron chi connectivity index (χ4n) is 1.66. The van der Waals surface area contributed by atoms with Gasteiger partial charge in [0, 0.05) is 24.8 Å². The van der Waals surface area contributed by atoms with Gasteiger partial charge in [-0.15, -0.1) is 24.8 Å². The summed E-state index contributed by atoms with van der Waals surface area (Å²) in [5.41, 5.74) is 7.12. The minimum absolute atomic E-state index is 0. The molecule has 0 radical (unpaired) electrons. The summed E-state index contributed by atoms with van der Waals surface area (Å²) in [7, 11) is 0. The van der Waals surface area contributed by atoms with Crippen LogP contribution in [0.5, 0.6) is 0 Å². The maximum absolute atomic E-state index is 5.82. The van der Waals surface area contributed by atoms with Crippen LogP contribution in [0.4, 0.5) is 5.69 Å². The van der Waals surface area contributed by atoms with Crippen LogP contribution in [0.2, 0.25) is 0 Å². The van der Waals surface area contributed by atoms with Crippen molar-refractivity contribution >= 4 is 30.5 Å². The van der Waals surface area contributed by atoms with Crippen molar-refractivity contribution < 1.29 is 0 Å². The second-order valence-corrected chi connectivity index (χ2v) is 3.33. The van der Waals surface area contributed by atoms with Crippen molar-refractivity contribution in [3.63, 3.8) is 0 Å². The van der Waals surface area contributed by atoms with Gasteiger partial charge in [-0.1, -0.05) is 18.2 Å². The van der Waals surface area contributed by atoms with Gasteiger partial charge in [0.15, 0.2) is 0 Å². The number of nitrogens with zero attached hydrogens (tertiary/aromatic N) is 1. The summed E-state index contributed by atoms with van der Waals surface area (Å²) in [6.07, 6.45) is 1.12. The Morgan fingerprint density at radius 3 is 2.29 bits per heavy atom. The van der Waals surface area contributed by atoms with Crippen molar-refractivity contribution in [1.29, 1.82) is 0 Å². The van der Waals surface area contributed by atoms with Gasteiger partial charge < -0.3 is 10.6 Å². The second kappa shape index (κ2) is 6.12. The van der Waals surface area contributed by atoms with E-state index in [1.165, 1.54) is 5.69 Å². The SMILES string of the molecule is Cl.Cl.N[C@H]1CCN(c2ccccc2)C1. The van der Waals surface area contributed by atoms with Crippen LogP contribution in [-0.2, 0) is 0 Å². The van der Waals surface area contributed by atoms with Gasteiger partial charge in [-0.25, -0.2) is 0 Å². The number of para-hydroxylation sites is 1. The molecule has 1 aliphatic heterocycles. The molecule has 1 aromatic carbocycles. The summed E-state index contributed by atoms with van der Waals surface area (Å²) in [5.74, 6) is 0. The van der Waals surface area contributed by atoms with Crippen molar-refractivity contribution in [2.45, 2.75) is 12.5 Å².